The van der Waals surface area contributed by atoms with Crippen molar-refractivity contribution < 1.29 is 14.6 Å². The van der Waals surface area contributed by atoms with Crippen molar-refractivity contribution in [3.05, 3.63) is 59.7 Å². The van der Waals surface area contributed by atoms with Gasteiger partial charge in [0.05, 0.1) is 6.61 Å². The van der Waals surface area contributed by atoms with Crippen LogP contribution < -0.4 is 4.74 Å². The topological polar surface area (TPSA) is 42.0 Å². The number of hydrogen-bond acceptors (Lipinski definition) is 3. The van der Waals surface area contributed by atoms with Gasteiger partial charge in [-0.2, -0.15) is 0 Å². The predicted octanol–water partition coefficient (Wildman–Crippen LogP) is 3.89. The summed E-state index contributed by atoms with van der Waals surface area (Å²) >= 11 is 0. The Hall–Kier alpha value is -2.00. The average Bonchev–Trinajstić information content (AvgIpc) is 3.38. The number of hydrogen-bond donors (Lipinski definition) is 1. The van der Waals surface area contributed by atoms with Gasteiger partial charge in [0.25, 0.3) is 0 Å². The lowest BCUT2D eigenvalue weighted by Gasteiger charge is -2.30. The highest BCUT2D eigenvalue weighted by atomic mass is 16.6. The van der Waals surface area contributed by atoms with Crippen LogP contribution in [0.5, 0.6) is 11.5 Å². The van der Waals surface area contributed by atoms with Gasteiger partial charge < -0.3 is 14.6 Å². The number of aromatic hydroxyl groups is 1. The Morgan fingerprint density at radius 2 is 1.64 bits per heavy atom. The van der Waals surface area contributed by atoms with Crippen LogP contribution in [0.25, 0.3) is 0 Å². The van der Waals surface area contributed by atoms with E-state index in [0.29, 0.717) is 12.4 Å². The van der Waals surface area contributed by atoms with Crippen molar-refractivity contribution in [3.8, 4) is 11.5 Å². The smallest absolute Gasteiger partial charge is 0.119 e. The minimum atomic E-state index is -0.0775. The van der Waals surface area contributed by atoms with E-state index in [1.807, 2.05) is 24.3 Å². The Bertz CT molecular complexity index is 614. The SMILES string of the molecule is CCC(C)(c1ccc(O)cc1)c1ccc(OCC2CO2)cc1. The van der Waals surface area contributed by atoms with E-state index in [2.05, 4.69) is 26.0 Å². The second-order valence-electron chi connectivity index (χ2n) is 6.02. The van der Waals surface area contributed by atoms with Gasteiger partial charge in [-0.3, -0.25) is 0 Å². The Kier molecular flexibility index (Phi) is 4.08. The van der Waals surface area contributed by atoms with Crippen LogP contribution in [0.2, 0.25) is 0 Å². The molecule has 1 heterocycles. The summed E-state index contributed by atoms with van der Waals surface area (Å²) in [6, 6.07) is 15.8. The largest absolute Gasteiger partial charge is 0.508 e. The number of ether oxygens (including phenoxy) is 2. The van der Waals surface area contributed by atoms with E-state index >= 15 is 0 Å². The molecule has 0 saturated carbocycles. The standard InChI is InChI=1S/C19H22O3/c1-3-19(2,14-4-8-16(20)9-5-14)15-6-10-17(11-7-15)21-12-18-13-22-18/h4-11,18,20H,3,12-13H2,1-2H3. The first-order chi connectivity index (χ1) is 10.6. The molecule has 0 amide bonds. The normalized spacial score (nSPS) is 19.5. The Labute approximate surface area is 131 Å². The Balaban J connectivity index is 1.80. The van der Waals surface area contributed by atoms with Crippen molar-refractivity contribution in [2.45, 2.75) is 31.8 Å². The highest BCUT2D eigenvalue weighted by molar-refractivity contribution is 5.42. The zero-order valence-corrected chi connectivity index (χ0v) is 13.1. The highest BCUT2D eigenvalue weighted by Crippen LogP contribution is 2.36. The molecule has 116 valence electrons. The quantitative estimate of drug-likeness (QED) is 0.823. The molecule has 1 fully saturated rings. The maximum atomic E-state index is 9.48. The maximum absolute atomic E-state index is 9.48. The van der Waals surface area contributed by atoms with Crippen LogP contribution >= 0.6 is 0 Å². The van der Waals surface area contributed by atoms with Gasteiger partial charge in [0, 0.05) is 5.41 Å². The lowest BCUT2D eigenvalue weighted by molar-refractivity contribution is 0.263. The van der Waals surface area contributed by atoms with Gasteiger partial charge in [0.2, 0.25) is 0 Å². The molecule has 22 heavy (non-hydrogen) atoms. The Morgan fingerprint density at radius 3 is 2.14 bits per heavy atom. The fraction of sp³-hybridized carbons (Fsp3) is 0.368. The third-order valence-corrected chi connectivity index (χ3v) is 4.54. The lowest BCUT2D eigenvalue weighted by atomic mass is 9.74. The summed E-state index contributed by atoms with van der Waals surface area (Å²) in [4.78, 5) is 0. The summed E-state index contributed by atoms with van der Waals surface area (Å²) in [5.41, 5.74) is 2.37. The predicted molar refractivity (Wildman–Crippen MR) is 86.5 cm³/mol. The first-order valence-corrected chi connectivity index (χ1v) is 7.76. The fourth-order valence-electron chi connectivity index (χ4n) is 2.68. The molecular weight excluding hydrogens is 276 g/mol. The van der Waals surface area contributed by atoms with Gasteiger partial charge >= 0.3 is 0 Å². The maximum Gasteiger partial charge on any atom is 0.119 e. The monoisotopic (exact) mass is 298 g/mol. The molecule has 3 heteroatoms. The second kappa shape index (κ2) is 6.01. The molecule has 1 aliphatic heterocycles. The number of phenolic OH excluding ortho intramolecular Hbond substituents is 1. The van der Waals surface area contributed by atoms with E-state index in [4.69, 9.17) is 9.47 Å². The molecule has 1 aliphatic rings. The molecule has 0 spiro atoms. The number of epoxide rings is 1. The number of benzene rings is 2. The van der Waals surface area contributed by atoms with Gasteiger partial charge in [-0.05, 0) is 41.8 Å². The third kappa shape index (κ3) is 3.09. The van der Waals surface area contributed by atoms with Crippen molar-refractivity contribution in [1.29, 1.82) is 0 Å². The summed E-state index contributed by atoms with van der Waals surface area (Å²) in [6.07, 6.45) is 1.26. The first kappa shape index (κ1) is 14.9. The molecule has 0 aromatic heterocycles. The van der Waals surface area contributed by atoms with Crippen molar-refractivity contribution >= 4 is 0 Å². The van der Waals surface area contributed by atoms with E-state index < -0.39 is 0 Å². The molecule has 2 aromatic rings. The van der Waals surface area contributed by atoms with Crippen LogP contribution in [0.4, 0.5) is 0 Å². The minimum Gasteiger partial charge on any atom is -0.508 e. The molecule has 2 unspecified atom stereocenters. The summed E-state index contributed by atoms with van der Waals surface area (Å²) in [5, 5.41) is 9.48. The number of rotatable bonds is 6. The van der Waals surface area contributed by atoms with Crippen LogP contribution in [-0.4, -0.2) is 24.4 Å². The highest BCUT2D eigenvalue weighted by Gasteiger charge is 2.27. The zero-order chi connectivity index (χ0) is 15.6. The molecule has 2 aromatic carbocycles. The lowest BCUT2D eigenvalue weighted by Crippen LogP contribution is -2.22. The summed E-state index contributed by atoms with van der Waals surface area (Å²) in [6.45, 7) is 5.85. The van der Waals surface area contributed by atoms with Gasteiger partial charge in [0.15, 0.2) is 0 Å². The average molecular weight is 298 g/mol. The van der Waals surface area contributed by atoms with Crippen LogP contribution in [0.15, 0.2) is 48.5 Å². The van der Waals surface area contributed by atoms with E-state index in [1.165, 1.54) is 11.1 Å². The molecular formula is C19H22O3. The van der Waals surface area contributed by atoms with E-state index in [-0.39, 0.29) is 11.5 Å². The van der Waals surface area contributed by atoms with Crippen LogP contribution in [-0.2, 0) is 10.2 Å². The molecule has 0 bridgehead atoms. The van der Waals surface area contributed by atoms with Crippen molar-refractivity contribution in [2.75, 3.05) is 13.2 Å². The van der Waals surface area contributed by atoms with Crippen molar-refractivity contribution in [2.24, 2.45) is 0 Å². The van der Waals surface area contributed by atoms with Gasteiger partial charge in [-0.25, -0.2) is 0 Å². The minimum absolute atomic E-state index is 0.0775. The van der Waals surface area contributed by atoms with Crippen LogP contribution in [0, 0.1) is 0 Å². The van der Waals surface area contributed by atoms with Gasteiger partial charge in [0.1, 0.15) is 24.2 Å². The molecule has 0 aliphatic carbocycles. The molecule has 3 rings (SSSR count). The van der Waals surface area contributed by atoms with Gasteiger partial charge in [-0.1, -0.05) is 38.1 Å². The number of phenols is 1. The van der Waals surface area contributed by atoms with Crippen molar-refractivity contribution in [3.63, 3.8) is 0 Å². The van der Waals surface area contributed by atoms with Crippen LogP contribution in [0.3, 0.4) is 0 Å². The van der Waals surface area contributed by atoms with Crippen LogP contribution in [0.1, 0.15) is 31.4 Å². The molecule has 2 atom stereocenters. The molecule has 1 N–H and O–H groups in total. The fourth-order valence-corrected chi connectivity index (χ4v) is 2.68. The molecule has 1 saturated heterocycles. The summed E-state index contributed by atoms with van der Waals surface area (Å²) < 4.78 is 10.8. The van der Waals surface area contributed by atoms with Crippen molar-refractivity contribution in [1.82, 2.24) is 0 Å². The van der Waals surface area contributed by atoms with Gasteiger partial charge in [-0.15, -0.1) is 0 Å². The summed E-state index contributed by atoms with van der Waals surface area (Å²) in [7, 11) is 0. The zero-order valence-electron chi connectivity index (χ0n) is 13.1. The first-order valence-electron chi connectivity index (χ1n) is 7.76. The third-order valence-electron chi connectivity index (χ3n) is 4.54. The second-order valence-corrected chi connectivity index (χ2v) is 6.02. The van der Waals surface area contributed by atoms with E-state index in [1.54, 1.807) is 12.1 Å². The molecule has 3 nitrogen and oxygen atoms in total. The van der Waals surface area contributed by atoms with E-state index in [9.17, 15) is 5.11 Å². The van der Waals surface area contributed by atoms with E-state index in [0.717, 1.165) is 18.8 Å². The molecule has 0 radical (unpaired) electrons. The summed E-state index contributed by atoms with van der Waals surface area (Å²) in [5.74, 6) is 1.18. The Morgan fingerprint density at radius 1 is 1.09 bits per heavy atom.